The molecule has 0 aliphatic heterocycles. The molecule has 4 aliphatic rings. The van der Waals surface area contributed by atoms with Gasteiger partial charge in [0.1, 0.15) is 12.6 Å². The molecule has 0 radical (unpaired) electrons. The van der Waals surface area contributed by atoms with Gasteiger partial charge in [0.2, 0.25) is 21.8 Å². The lowest BCUT2D eigenvalue weighted by Gasteiger charge is -2.57. The maximum Gasteiger partial charge on any atom is 0.244 e. The van der Waals surface area contributed by atoms with Gasteiger partial charge < -0.3 is 10.2 Å². The molecule has 0 saturated heterocycles. The molecule has 1 unspecified atom stereocenters. The fraction of sp³-hybridized carbons (Fsp3) is 0.548. The Hall–Kier alpha value is -2.87. The molecule has 0 aromatic heterocycles. The number of aryl methyl sites for hydroxylation is 1. The predicted molar refractivity (Wildman–Crippen MR) is 154 cm³/mol. The fourth-order valence-electron chi connectivity index (χ4n) is 7.74. The second-order valence-corrected chi connectivity index (χ2v) is 14.2. The number of nitrogens with one attached hydrogen (secondary N) is 1. The minimum Gasteiger partial charge on any atom is -0.357 e. The van der Waals surface area contributed by atoms with Crippen molar-refractivity contribution in [2.75, 3.05) is 24.2 Å². The fourth-order valence-corrected chi connectivity index (χ4v) is 8.59. The van der Waals surface area contributed by atoms with E-state index in [9.17, 15) is 18.0 Å². The quantitative estimate of drug-likeness (QED) is 0.501. The molecule has 39 heavy (non-hydrogen) atoms. The first-order valence-corrected chi connectivity index (χ1v) is 16.0. The van der Waals surface area contributed by atoms with Crippen molar-refractivity contribution >= 4 is 27.5 Å². The van der Waals surface area contributed by atoms with Crippen molar-refractivity contribution in [2.45, 2.75) is 70.4 Å². The Kier molecular flexibility index (Phi) is 7.53. The molecule has 1 atom stereocenters. The molecular weight excluding hydrogens is 510 g/mol. The van der Waals surface area contributed by atoms with Crippen molar-refractivity contribution < 1.29 is 18.0 Å². The summed E-state index contributed by atoms with van der Waals surface area (Å²) in [6.07, 6.45) is 8.94. The zero-order chi connectivity index (χ0) is 27.9. The van der Waals surface area contributed by atoms with E-state index < -0.39 is 22.0 Å². The molecule has 1 N–H and O–H groups in total. The number of hydrogen-bond donors (Lipinski definition) is 1. The van der Waals surface area contributed by atoms with E-state index in [0.717, 1.165) is 39.4 Å². The molecule has 0 spiro atoms. The van der Waals surface area contributed by atoms with Gasteiger partial charge in [-0.2, -0.15) is 0 Å². The number of carbonyl (C=O) groups is 2. The van der Waals surface area contributed by atoms with Gasteiger partial charge in [-0.1, -0.05) is 42.0 Å². The van der Waals surface area contributed by atoms with E-state index in [-0.39, 0.29) is 24.4 Å². The summed E-state index contributed by atoms with van der Waals surface area (Å²) in [5, 5.41) is 2.61. The standard InChI is InChI=1S/C31H41N3O4S/c1-21-5-7-23(8-6-21)19-33(22(2)30(36)32-3)29(35)20-34(39(4,37)38)28-11-9-27(10-12-28)31-16-24-13-25(17-31)15-26(14-24)18-31/h5-12,22,24-26H,13-20H2,1-4H3,(H,32,36). The normalized spacial score (nSPS) is 26.2. The van der Waals surface area contributed by atoms with E-state index >= 15 is 0 Å². The van der Waals surface area contributed by atoms with Crippen LogP contribution < -0.4 is 9.62 Å². The molecule has 6 rings (SSSR count). The highest BCUT2D eigenvalue weighted by Crippen LogP contribution is 2.60. The number of nitrogens with zero attached hydrogens (tertiary/aromatic N) is 2. The second kappa shape index (κ2) is 10.6. The first-order valence-electron chi connectivity index (χ1n) is 14.1. The Labute approximate surface area is 233 Å². The van der Waals surface area contributed by atoms with E-state index in [0.29, 0.717) is 5.69 Å². The van der Waals surface area contributed by atoms with Crippen LogP contribution in [0.5, 0.6) is 0 Å². The molecule has 0 heterocycles. The highest BCUT2D eigenvalue weighted by molar-refractivity contribution is 7.92. The number of carbonyl (C=O) groups excluding carboxylic acids is 2. The highest BCUT2D eigenvalue weighted by Gasteiger charge is 2.51. The summed E-state index contributed by atoms with van der Waals surface area (Å²) in [6, 6.07) is 14.9. The first-order chi connectivity index (χ1) is 18.5. The van der Waals surface area contributed by atoms with Crippen LogP contribution in [0, 0.1) is 24.7 Å². The molecule has 4 fully saturated rings. The van der Waals surface area contributed by atoms with Crippen LogP contribution in [0.1, 0.15) is 62.1 Å². The summed E-state index contributed by atoms with van der Waals surface area (Å²) in [4.78, 5) is 27.6. The van der Waals surface area contributed by atoms with E-state index in [2.05, 4.69) is 17.4 Å². The summed E-state index contributed by atoms with van der Waals surface area (Å²) in [5.74, 6) is 1.73. The van der Waals surface area contributed by atoms with Crippen molar-refractivity contribution in [2.24, 2.45) is 17.8 Å². The maximum absolute atomic E-state index is 13.6. The summed E-state index contributed by atoms with van der Waals surface area (Å²) in [5.41, 5.74) is 3.96. The third kappa shape index (κ3) is 5.72. The molecule has 4 bridgehead atoms. The second-order valence-electron chi connectivity index (χ2n) is 12.3. The van der Waals surface area contributed by atoms with Crippen LogP contribution in [0.4, 0.5) is 5.69 Å². The summed E-state index contributed by atoms with van der Waals surface area (Å²) < 4.78 is 27.0. The van der Waals surface area contributed by atoms with Crippen LogP contribution in [0.15, 0.2) is 48.5 Å². The average Bonchev–Trinajstić information content (AvgIpc) is 2.89. The Morgan fingerprint density at radius 2 is 1.49 bits per heavy atom. The van der Waals surface area contributed by atoms with Crippen LogP contribution in [-0.2, 0) is 31.6 Å². The number of rotatable bonds is 9. The maximum atomic E-state index is 13.6. The minimum atomic E-state index is -3.75. The molecule has 8 heteroatoms. The number of likely N-dealkylation sites (N-methyl/N-ethyl adjacent to an activating group) is 1. The van der Waals surface area contributed by atoms with E-state index in [1.54, 1.807) is 6.92 Å². The van der Waals surface area contributed by atoms with Gasteiger partial charge in [-0.3, -0.25) is 13.9 Å². The van der Waals surface area contributed by atoms with E-state index in [1.807, 2.05) is 43.3 Å². The van der Waals surface area contributed by atoms with Crippen LogP contribution in [0.2, 0.25) is 0 Å². The van der Waals surface area contributed by atoms with Gasteiger partial charge in [0.25, 0.3) is 0 Å². The SMILES string of the molecule is CNC(=O)C(C)N(Cc1ccc(C)cc1)C(=O)CN(c1ccc(C23CC4CC(CC(C4)C2)C3)cc1)S(C)(=O)=O. The number of hydrogen-bond acceptors (Lipinski definition) is 4. The topological polar surface area (TPSA) is 86.8 Å². The van der Waals surface area contributed by atoms with Crippen LogP contribution in [0.3, 0.4) is 0 Å². The van der Waals surface area contributed by atoms with Gasteiger partial charge in [-0.15, -0.1) is 0 Å². The number of amides is 2. The lowest BCUT2D eigenvalue weighted by molar-refractivity contribution is -0.139. The van der Waals surface area contributed by atoms with Crippen LogP contribution in [-0.4, -0.2) is 51.0 Å². The lowest BCUT2D eigenvalue weighted by Crippen LogP contribution is -2.50. The Morgan fingerprint density at radius 1 is 0.949 bits per heavy atom. The lowest BCUT2D eigenvalue weighted by atomic mass is 9.48. The molecule has 2 aromatic rings. The van der Waals surface area contributed by atoms with Crippen molar-refractivity contribution in [1.82, 2.24) is 10.2 Å². The van der Waals surface area contributed by atoms with E-state index in [4.69, 9.17) is 0 Å². The number of benzene rings is 2. The van der Waals surface area contributed by atoms with Crippen molar-refractivity contribution in [3.05, 3.63) is 65.2 Å². The number of anilines is 1. The van der Waals surface area contributed by atoms with Gasteiger partial charge >= 0.3 is 0 Å². The molecule has 4 aliphatic carbocycles. The summed E-state index contributed by atoms with van der Waals surface area (Å²) in [6.45, 7) is 3.48. The van der Waals surface area contributed by atoms with Gasteiger partial charge in [-0.05, 0) is 98.8 Å². The van der Waals surface area contributed by atoms with Gasteiger partial charge in [0.15, 0.2) is 0 Å². The average molecular weight is 552 g/mol. The molecule has 210 valence electrons. The summed E-state index contributed by atoms with van der Waals surface area (Å²) >= 11 is 0. The predicted octanol–water partition coefficient (Wildman–Crippen LogP) is 4.39. The summed E-state index contributed by atoms with van der Waals surface area (Å²) in [7, 11) is -2.22. The smallest absolute Gasteiger partial charge is 0.244 e. The highest BCUT2D eigenvalue weighted by atomic mass is 32.2. The zero-order valence-electron chi connectivity index (χ0n) is 23.5. The zero-order valence-corrected chi connectivity index (χ0v) is 24.3. The molecule has 4 saturated carbocycles. The number of sulfonamides is 1. The van der Waals surface area contributed by atoms with Crippen LogP contribution >= 0.6 is 0 Å². The van der Waals surface area contributed by atoms with Crippen molar-refractivity contribution in [3.8, 4) is 0 Å². The van der Waals surface area contributed by atoms with Crippen LogP contribution in [0.25, 0.3) is 0 Å². The third-order valence-electron chi connectivity index (χ3n) is 9.37. The first kappa shape index (κ1) is 27.7. The molecular formula is C31H41N3O4S. The monoisotopic (exact) mass is 551 g/mol. The molecule has 2 amide bonds. The minimum absolute atomic E-state index is 0.205. The largest absolute Gasteiger partial charge is 0.357 e. The third-order valence-corrected chi connectivity index (χ3v) is 10.5. The van der Waals surface area contributed by atoms with E-state index in [1.165, 1.54) is 56.0 Å². The molecule has 2 aromatic carbocycles. The van der Waals surface area contributed by atoms with Crippen molar-refractivity contribution in [1.29, 1.82) is 0 Å². The van der Waals surface area contributed by atoms with Crippen molar-refractivity contribution in [3.63, 3.8) is 0 Å². The Morgan fingerprint density at radius 3 is 1.97 bits per heavy atom. The van der Waals surface area contributed by atoms with Gasteiger partial charge in [-0.25, -0.2) is 8.42 Å². The van der Waals surface area contributed by atoms with Gasteiger partial charge in [0.05, 0.1) is 11.9 Å². The Bertz CT molecular complexity index is 1290. The Balaban J connectivity index is 1.38. The molecule has 7 nitrogen and oxygen atoms in total. The van der Waals surface area contributed by atoms with Gasteiger partial charge in [0, 0.05) is 13.6 Å².